The number of carbonyl (C=O) groups excluding carboxylic acids is 3. The Hall–Kier alpha value is -1.73. The van der Waals surface area contributed by atoms with Crippen molar-refractivity contribution in [1.82, 2.24) is 15.1 Å². The van der Waals surface area contributed by atoms with Crippen LogP contribution in [0.4, 0.5) is 0 Å². The van der Waals surface area contributed by atoms with Crippen LogP contribution >= 0.6 is 15.9 Å². The van der Waals surface area contributed by atoms with Gasteiger partial charge in [-0.2, -0.15) is 0 Å². The predicted molar refractivity (Wildman–Crippen MR) is 88.2 cm³/mol. The highest BCUT2D eigenvalue weighted by atomic mass is 79.9. The van der Waals surface area contributed by atoms with Gasteiger partial charge in [-0.15, -0.1) is 0 Å². The molecule has 1 atom stereocenters. The van der Waals surface area contributed by atoms with E-state index in [1.165, 1.54) is 4.90 Å². The molecule has 6 nitrogen and oxygen atoms in total. The molecule has 2 aliphatic rings. The van der Waals surface area contributed by atoms with Crippen molar-refractivity contribution in [2.45, 2.75) is 19.4 Å². The van der Waals surface area contributed by atoms with Gasteiger partial charge in [0.25, 0.3) is 11.8 Å². The molecule has 2 aliphatic heterocycles. The fraction of sp³-hybridized carbons (Fsp3) is 0.438. The van der Waals surface area contributed by atoms with E-state index in [2.05, 4.69) is 21.2 Å². The number of fused-ring (bicyclic) bond motifs is 1. The van der Waals surface area contributed by atoms with E-state index in [-0.39, 0.29) is 36.7 Å². The maximum atomic E-state index is 12.4. The van der Waals surface area contributed by atoms with Gasteiger partial charge in [0, 0.05) is 43.1 Å². The smallest absolute Gasteiger partial charge is 0.261 e. The van der Waals surface area contributed by atoms with Gasteiger partial charge < -0.3 is 10.2 Å². The van der Waals surface area contributed by atoms with E-state index in [1.54, 1.807) is 18.2 Å². The highest BCUT2D eigenvalue weighted by Gasteiger charge is 2.36. The SMILES string of the molecule is C[C@@H]1CNCCN1C(=O)CCN1C(=O)c2ccc(Br)cc2C1=O. The molecular weight excluding hydrogens is 362 g/mol. The lowest BCUT2D eigenvalue weighted by atomic mass is 10.1. The third-order valence-corrected chi connectivity index (χ3v) is 4.80. The minimum absolute atomic E-state index is 0.0169. The van der Waals surface area contributed by atoms with Gasteiger partial charge in [0.1, 0.15) is 0 Å². The fourth-order valence-corrected chi connectivity index (χ4v) is 3.39. The van der Waals surface area contributed by atoms with Crippen LogP contribution in [0.25, 0.3) is 0 Å². The number of imide groups is 1. The number of amides is 3. The summed E-state index contributed by atoms with van der Waals surface area (Å²) in [6.07, 6.45) is 0.164. The second-order valence-electron chi connectivity index (χ2n) is 5.84. The van der Waals surface area contributed by atoms with Gasteiger partial charge in [-0.3, -0.25) is 19.3 Å². The van der Waals surface area contributed by atoms with Gasteiger partial charge >= 0.3 is 0 Å². The van der Waals surface area contributed by atoms with Crippen molar-refractivity contribution < 1.29 is 14.4 Å². The third-order valence-electron chi connectivity index (χ3n) is 4.30. The fourth-order valence-electron chi connectivity index (χ4n) is 3.03. The second-order valence-corrected chi connectivity index (χ2v) is 6.76. The first-order chi connectivity index (χ1) is 11.0. The molecule has 23 heavy (non-hydrogen) atoms. The number of rotatable bonds is 3. The lowest BCUT2D eigenvalue weighted by Gasteiger charge is -2.34. The van der Waals surface area contributed by atoms with Crippen LogP contribution in [0.3, 0.4) is 0 Å². The molecule has 7 heteroatoms. The summed E-state index contributed by atoms with van der Waals surface area (Å²) in [6, 6.07) is 5.16. The molecule has 0 saturated carbocycles. The Morgan fingerprint density at radius 2 is 2.04 bits per heavy atom. The first-order valence-electron chi connectivity index (χ1n) is 7.65. The molecule has 0 spiro atoms. The summed E-state index contributed by atoms with van der Waals surface area (Å²) in [7, 11) is 0. The molecule has 3 rings (SSSR count). The number of halogens is 1. The summed E-state index contributed by atoms with van der Waals surface area (Å²) in [5, 5.41) is 3.23. The third kappa shape index (κ3) is 3.03. The van der Waals surface area contributed by atoms with Crippen molar-refractivity contribution in [3.05, 3.63) is 33.8 Å². The van der Waals surface area contributed by atoms with E-state index in [4.69, 9.17) is 0 Å². The Morgan fingerprint density at radius 3 is 2.78 bits per heavy atom. The van der Waals surface area contributed by atoms with Crippen molar-refractivity contribution in [3.63, 3.8) is 0 Å². The molecular formula is C16H18BrN3O3. The summed E-state index contributed by atoms with van der Waals surface area (Å²) in [4.78, 5) is 40.0. The van der Waals surface area contributed by atoms with Crippen LogP contribution in [-0.2, 0) is 4.79 Å². The van der Waals surface area contributed by atoms with Crippen LogP contribution in [0.1, 0.15) is 34.1 Å². The monoisotopic (exact) mass is 379 g/mol. The maximum absolute atomic E-state index is 12.4. The van der Waals surface area contributed by atoms with E-state index >= 15 is 0 Å². The van der Waals surface area contributed by atoms with Gasteiger partial charge in [-0.25, -0.2) is 0 Å². The molecule has 0 radical (unpaired) electrons. The molecule has 0 aliphatic carbocycles. The topological polar surface area (TPSA) is 69.7 Å². The summed E-state index contributed by atoms with van der Waals surface area (Å²) in [6.45, 7) is 4.32. The van der Waals surface area contributed by atoms with Crippen molar-refractivity contribution in [2.75, 3.05) is 26.2 Å². The molecule has 3 amide bonds. The van der Waals surface area contributed by atoms with Gasteiger partial charge in [-0.1, -0.05) is 15.9 Å². The summed E-state index contributed by atoms with van der Waals surface area (Å²) in [5.41, 5.74) is 0.800. The molecule has 1 aromatic carbocycles. The molecule has 2 heterocycles. The van der Waals surface area contributed by atoms with Gasteiger partial charge in [-0.05, 0) is 25.1 Å². The van der Waals surface area contributed by atoms with Crippen LogP contribution in [0, 0.1) is 0 Å². The number of nitrogens with zero attached hydrogens (tertiary/aromatic N) is 2. The minimum atomic E-state index is -0.326. The van der Waals surface area contributed by atoms with E-state index in [1.807, 2.05) is 11.8 Å². The highest BCUT2D eigenvalue weighted by Crippen LogP contribution is 2.26. The van der Waals surface area contributed by atoms with Gasteiger partial charge in [0.2, 0.25) is 5.91 Å². The molecule has 1 fully saturated rings. The molecule has 1 aromatic rings. The number of carbonyl (C=O) groups is 3. The Bertz CT molecular complexity index is 677. The zero-order chi connectivity index (χ0) is 16.6. The summed E-state index contributed by atoms with van der Waals surface area (Å²) in [5.74, 6) is -0.664. The first-order valence-corrected chi connectivity index (χ1v) is 8.44. The van der Waals surface area contributed by atoms with E-state index in [0.717, 1.165) is 17.6 Å². The average molecular weight is 380 g/mol. The Labute approximate surface area is 142 Å². The zero-order valence-electron chi connectivity index (χ0n) is 12.8. The van der Waals surface area contributed by atoms with Gasteiger partial charge in [0.15, 0.2) is 0 Å². The Kier molecular flexibility index (Phi) is 4.50. The zero-order valence-corrected chi connectivity index (χ0v) is 14.4. The molecule has 0 unspecified atom stereocenters. The quantitative estimate of drug-likeness (QED) is 0.802. The van der Waals surface area contributed by atoms with Crippen molar-refractivity contribution in [3.8, 4) is 0 Å². The lowest BCUT2D eigenvalue weighted by Crippen LogP contribution is -2.52. The van der Waals surface area contributed by atoms with Crippen molar-refractivity contribution in [2.24, 2.45) is 0 Å². The second kappa shape index (κ2) is 6.41. The predicted octanol–water partition coefficient (Wildman–Crippen LogP) is 1.26. The number of benzene rings is 1. The average Bonchev–Trinajstić information content (AvgIpc) is 2.76. The largest absolute Gasteiger partial charge is 0.337 e. The van der Waals surface area contributed by atoms with E-state index in [0.29, 0.717) is 17.7 Å². The number of hydrogen-bond acceptors (Lipinski definition) is 4. The minimum Gasteiger partial charge on any atom is -0.337 e. The number of nitrogens with one attached hydrogen (secondary N) is 1. The van der Waals surface area contributed by atoms with E-state index in [9.17, 15) is 14.4 Å². The molecule has 1 N–H and O–H groups in total. The van der Waals surface area contributed by atoms with Crippen molar-refractivity contribution >= 4 is 33.7 Å². The standard InChI is InChI=1S/C16H18BrN3O3/c1-10-9-18-5-7-19(10)14(21)4-6-20-15(22)12-3-2-11(17)8-13(12)16(20)23/h2-3,8,10,18H,4-7,9H2,1H3/t10-/m1/s1. The van der Waals surface area contributed by atoms with Crippen LogP contribution in [0.5, 0.6) is 0 Å². The molecule has 0 bridgehead atoms. The summed E-state index contributed by atoms with van der Waals surface area (Å²) >= 11 is 3.30. The van der Waals surface area contributed by atoms with Gasteiger partial charge in [0.05, 0.1) is 11.1 Å². The van der Waals surface area contributed by atoms with Crippen LogP contribution < -0.4 is 5.32 Å². The Morgan fingerprint density at radius 1 is 1.30 bits per heavy atom. The van der Waals surface area contributed by atoms with Crippen molar-refractivity contribution in [1.29, 1.82) is 0 Å². The lowest BCUT2D eigenvalue weighted by molar-refractivity contribution is -0.134. The molecule has 1 saturated heterocycles. The normalized spacial score (nSPS) is 20.9. The molecule has 122 valence electrons. The summed E-state index contributed by atoms with van der Waals surface area (Å²) < 4.78 is 0.755. The molecule has 0 aromatic heterocycles. The number of hydrogen-bond donors (Lipinski definition) is 1. The van der Waals surface area contributed by atoms with Crippen LogP contribution in [-0.4, -0.2) is 59.7 Å². The highest BCUT2D eigenvalue weighted by molar-refractivity contribution is 9.10. The maximum Gasteiger partial charge on any atom is 0.261 e. The first kappa shape index (κ1) is 16.1. The Balaban J connectivity index is 1.66. The van der Waals surface area contributed by atoms with E-state index < -0.39 is 0 Å². The number of piperazine rings is 1. The van der Waals surface area contributed by atoms with Crippen LogP contribution in [0.15, 0.2) is 22.7 Å². The van der Waals surface area contributed by atoms with Crippen LogP contribution in [0.2, 0.25) is 0 Å².